The van der Waals surface area contributed by atoms with Gasteiger partial charge in [-0.3, -0.25) is 4.79 Å². The van der Waals surface area contributed by atoms with Crippen LogP contribution in [0.25, 0.3) is 0 Å². The number of carbonyl (C=O) groups excluding carboxylic acids is 2. The van der Waals surface area contributed by atoms with Gasteiger partial charge in [0.2, 0.25) is 0 Å². The zero-order valence-electron chi connectivity index (χ0n) is 14.0. The van der Waals surface area contributed by atoms with Crippen molar-refractivity contribution in [3.63, 3.8) is 0 Å². The number of carbonyl (C=O) groups is 2. The molecule has 0 aliphatic rings. The Balaban J connectivity index is 1.91. The van der Waals surface area contributed by atoms with Gasteiger partial charge in [0, 0.05) is 6.54 Å². The molecule has 6 heteroatoms. The van der Waals surface area contributed by atoms with E-state index in [1.54, 1.807) is 55.5 Å². The largest absolute Gasteiger partial charge is 0.480 e. The Morgan fingerprint density at radius 1 is 1.16 bits per heavy atom. The summed E-state index contributed by atoms with van der Waals surface area (Å²) in [5.41, 5.74) is 1.66. The van der Waals surface area contributed by atoms with E-state index in [-0.39, 0.29) is 5.91 Å². The Hall–Kier alpha value is -3.33. The summed E-state index contributed by atoms with van der Waals surface area (Å²) in [6.07, 6.45) is -0.746. The topological polar surface area (TPSA) is 88.4 Å². The van der Waals surface area contributed by atoms with Crippen molar-refractivity contribution in [1.29, 1.82) is 5.26 Å². The van der Waals surface area contributed by atoms with Crippen molar-refractivity contribution in [2.45, 2.75) is 19.6 Å². The molecule has 1 unspecified atom stereocenters. The van der Waals surface area contributed by atoms with Gasteiger partial charge in [-0.25, -0.2) is 4.79 Å². The monoisotopic (exact) mass is 338 g/mol. The molecule has 1 N–H and O–H groups in total. The average Bonchev–Trinajstić information content (AvgIpc) is 2.66. The van der Waals surface area contributed by atoms with Gasteiger partial charge in [0.1, 0.15) is 11.8 Å². The Morgan fingerprint density at radius 2 is 1.84 bits per heavy atom. The van der Waals surface area contributed by atoms with Crippen LogP contribution in [0.4, 0.5) is 0 Å². The number of hydrogen-bond donors (Lipinski definition) is 1. The zero-order valence-corrected chi connectivity index (χ0v) is 14.0. The number of methoxy groups -OCH3 is 1. The number of esters is 1. The molecule has 0 bridgehead atoms. The SMILES string of the molecule is COC(=O)c1ccc(CNC(=O)C(C)Oc2ccccc2C#N)cc1. The molecule has 128 valence electrons. The van der Waals surface area contributed by atoms with E-state index in [4.69, 9.17) is 10.00 Å². The first-order valence-electron chi connectivity index (χ1n) is 7.66. The highest BCUT2D eigenvalue weighted by atomic mass is 16.5. The molecule has 0 aromatic heterocycles. The predicted octanol–water partition coefficient (Wildman–Crippen LogP) is 2.43. The lowest BCUT2D eigenvalue weighted by Gasteiger charge is -2.15. The molecule has 0 radical (unpaired) electrons. The van der Waals surface area contributed by atoms with Crippen LogP contribution in [0, 0.1) is 11.3 Å². The van der Waals surface area contributed by atoms with Crippen molar-refractivity contribution < 1.29 is 19.1 Å². The molecular formula is C19H18N2O4. The van der Waals surface area contributed by atoms with Crippen LogP contribution >= 0.6 is 0 Å². The first-order valence-corrected chi connectivity index (χ1v) is 7.66. The second kappa shape index (κ2) is 8.50. The smallest absolute Gasteiger partial charge is 0.337 e. The maximum absolute atomic E-state index is 12.1. The van der Waals surface area contributed by atoms with Crippen molar-refractivity contribution in [3.8, 4) is 11.8 Å². The third kappa shape index (κ3) is 4.82. The van der Waals surface area contributed by atoms with Crippen molar-refractivity contribution >= 4 is 11.9 Å². The number of para-hydroxylation sites is 1. The van der Waals surface area contributed by atoms with Gasteiger partial charge in [-0.05, 0) is 36.8 Å². The molecule has 0 heterocycles. The maximum Gasteiger partial charge on any atom is 0.337 e. The summed E-state index contributed by atoms with van der Waals surface area (Å²) in [4.78, 5) is 23.5. The van der Waals surface area contributed by atoms with E-state index in [0.717, 1.165) is 5.56 Å². The molecular weight excluding hydrogens is 320 g/mol. The van der Waals surface area contributed by atoms with Crippen LogP contribution in [0.15, 0.2) is 48.5 Å². The van der Waals surface area contributed by atoms with Crippen LogP contribution in [-0.2, 0) is 16.1 Å². The third-order valence-electron chi connectivity index (χ3n) is 3.52. The van der Waals surface area contributed by atoms with Gasteiger partial charge in [-0.1, -0.05) is 24.3 Å². The molecule has 2 rings (SSSR count). The van der Waals surface area contributed by atoms with E-state index in [1.807, 2.05) is 6.07 Å². The van der Waals surface area contributed by atoms with Crippen LogP contribution in [0.3, 0.4) is 0 Å². The summed E-state index contributed by atoms with van der Waals surface area (Å²) < 4.78 is 10.2. The summed E-state index contributed by atoms with van der Waals surface area (Å²) >= 11 is 0. The van der Waals surface area contributed by atoms with Gasteiger partial charge in [-0.2, -0.15) is 5.26 Å². The molecule has 2 aromatic rings. The normalized spacial score (nSPS) is 11.1. The van der Waals surface area contributed by atoms with Gasteiger partial charge in [0.05, 0.1) is 18.2 Å². The molecule has 0 aliphatic heterocycles. The highest BCUT2D eigenvalue weighted by molar-refractivity contribution is 5.89. The lowest BCUT2D eigenvalue weighted by atomic mass is 10.1. The van der Waals surface area contributed by atoms with Gasteiger partial charge >= 0.3 is 5.97 Å². The fourth-order valence-electron chi connectivity index (χ4n) is 2.12. The van der Waals surface area contributed by atoms with E-state index >= 15 is 0 Å². The Bertz CT molecular complexity index is 794. The van der Waals surface area contributed by atoms with Crippen molar-refractivity contribution in [2.75, 3.05) is 7.11 Å². The van der Waals surface area contributed by atoms with Crippen molar-refractivity contribution in [3.05, 3.63) is 65.2 Å². The number of ether oxygens (including phenoxy) is 2. The Kier molecular flexibility index (Phi) is 6.13. The number of amides is 1. The number of nitriles is 1. The van der Waals surface area contributed by atoms with Crippen LogP contribution in [0.5, 0.6) is 5.75 Å². The van der Waals surface area contributed by atoms with Gasteiger partial charge in [0.25, 0.3) is 5.91 Å². The summed E-state index contributed by atoms with van der Waals surface area (Å²) in [5.74, 6) is -0.339. The van der Waals surface area contributed by atoms with Crippen LogP contribution in [0.2, 0.25) is 0 Å². The Labute approximate surface area is 146 Å². The number of benzene rings is 2. The van der Waals surface area contributed by atoms with Gasteiger partial charge < -0.3 is 14.8 Å². The first-order chi connectivity index (χ1) is 12.0. The van der Waals surface area contributed by atoms with Crippen LogP contribution in [0.1, 0.15) is 28.4 Å². The van der Waals surface area contributed by atoms with Crippen LogP contribution in [-0.4, -0.2) is 25.1 Å². The van der Waals surface area contributed by atoms with Crippen molar-refractivity contribution in [2.24, 2.45) is 0 Å². The quantitative estimate of drug-likeness (QED) is 0.817. The Morgan fingerprint density at radius 3 is 2.48 bits per heavy atom. The number of hydrogen-bond acceptors (Lipinski definition) is 5. The number of nitrogens with zero attached hydrogens (tertiary/aromatic N) is 1. The average molecular weight is 338 g/mol. The van der Waals surface area contributed by atoms with E-state index in [2.05, 4.69) is 10.1 Å². The van der Waals surface area contributed by atoms with Gasteiger partial charge in [0.15, 0.2) is 6.10 Å². The molecule has 0 fully saturated rings. The molecule has 25 heavy (non-hydrogen) atoms. The van der Waals surface area contributed by atoms with E-state index < -0.39 is 12.1 Å². The summed E-state index contributed by atoms with van der Waals surface area (Å²) in [6, 6.07) is 15.5. The second-order valence-electron chi connectivity index (χ2n) is 5.27. The minimum Gasteiger partial charge on any atom is -0.480 e. The van der Waals surface area contributed by atoms with Crippen LogP contribution < -0.4 is 10.1 Å². The lowest BCUT2D eigenvalue weighted by molar-refractivity contribution is -0.127. The minimum atomic E-state index is -0.746. The highest BCUT2D eigenvalue weighted by Gasteiger charge is 2.16. The molecule has 0 aliphatic carbocycles. The maximum atomic E-state index is 12.1. The van der Waals surface area contributed by atoms with E-state index in [0.29, 0.717) is 23.4 Å². The summed E-state index contributed by atoms with van der Waals surface area (Å²) in [6.45, 7) is 1.91. The number of nitrogens with one attached hydrogen (secondary N) is 1. The van der Waals surface area contributed by atoms with E-state index in [9.17, 15) is 9.59 Å². The summed E-state index contributed by atoms with van der Waals surface area (Å²) in [7, 11) is 1.32. The molecule has 2 aromatic carbocycles. The number of rotatable bonds is 6. The molecule has 6 nitrogen and oxygen atoms in total. The second-order valence-corrected chi connectivity index (χ2v) is 5.27. The van der Waals surface area contributed by atoms with Gasteiger partial charge in [-0.15, -0.1) is 0 Å². The zero-order chi connectivity index (χ0) is 18.2. The predicted molar refractivity (Wildman–Crippen MR) is 90.9 cm³/mol. The summed E-state index contributed by atoms with van der Waals surface area (Å²) in [5, 5.41) is 11.8. The van der Waals surface area contributed by atoms with Crippen molar-refractivity contribution in [1.82, 2.24) is 5.32 Å². The third-order valence-corrected chi connectivity index (χ3v) is 3.52. The molecule has 0 saturated heterocycles. The first kappa shape index (κ1) is 18.0. The minimum absolute atomic E-state index is 0.299. The highest BCUT2D eigenvalue weighted by Crippen LogP contribution is 2.18. The van der Waals surface area contributed by atoms with E-state index in [1.165, 1.54) is 7.11 Å². The lowest BCUT2D eigenvalue weighted by Crippen LogP contribution is -2.36. The standard InChI is InChI=1S/C19H18N2O4/c1-13(25-17-6-4-3-5-16(17)11-20)18(22)21-12-14-7-9-15(10-8-14)19(23)24-2/h3-10,13H,12H2,1-2H3,(H,21,22). The molecule has 1 amide bonds. The molecule has 0 spiro atoms. The molecule has 0 saturated carbocycles. The molecule has 1 atom stereocenters. The fourth-order valence-corrected chi connectivity index (χ4v) is 2.12. The fraction of sp³-hybridized carbons (Fsp3) is 0.211.